The first-order valence-electron chi connectivity index (χ1n) is 12.8. The highest BCUT2D eigenvalue weighted by Gasteiger charge is 2.39. The Morgan fingerprint density at radius 3 is 2.94 bits per heavy atom. The van der Waals surface area contributed by atoms with Crippen LogP contribution in [0, 0.1) is 11.8 Å². The van der Waals surface area contributed by atoms with Gasteiger partial charge in [0.2, 0.25) is 5.28 Å². The summed E-state index contributed by atoms with van der Waals surface area (Å²) in [5, 5.41) is 6.75. The van der Waals surface area contributed by atoms with Crippen LogP contribution in [0.15, 0.2) is 24.3 Å². The van der Waals surface area contributed by atoms with Crippen LogP contribution < -0.4 is 10.6 Å². The van der Waals surface area contributed by atoms with Crippen LogP contribution in [-0.2, 0) is 28.0 Å². The second-order valence-corrected chi connectivity index (χ2v) is 10.7. The molecule has 0 bridgehead atoms. The second-order valence-electron chi connectivity index (χ2n) is 10.3. The molecular formula is C27H34ClFN4O2. The van der Waals surface area contributed by atoms with Gasteiger partial charge in [0.15, 0.2) is 5.67 Å². The molecule has 1 aliphatic carbocycles. The van der Waals surface area contributed by atoms with Gasteiger partial charge in [-0.1, -0.05) is 24.3 Å². The molecule has 2 saturated heterocycles. The molecule has 0 spiro atoms. The number of nitrogens with zero attached hydrogens (tertiary/aromatic N) is 2. The van der Waals surface area contributed by atoms with Crippen molar-refractivity contribution in [2.75, 3.05) is 31.6 Å². The van der Waals surface area contributed by atoms with Gasteiger partial charge in [-0.2, -0.15) is 0 Å². The van der Waals surface area contributed by atoms with E-state index < -0.39 is 5.67 Å². The van der Waals surface area contributed by atoms with Crippen LogP contribution in [0.2, 0.25) is 5.28 Å². The molecule has 3 atom stereocenters. The monoisotopic (exact) mass is 500 g/mol. The highest BCUT2D eigenvalue weighted by Crippen LogP contribution is 2.36. The van der Waals surface area contributed by atoms with Gasteiger partial charge in [0.05, 0.1) is 5.69 Å². The Balaban J connectivity index is 1.23. The first kappa shape index (κ1) is 24.6. The molecule has 5 rings (SSSR count). The van der Waals surface area contributed by atoms with Crippen molar-refractivity contribution >= 4 is 23.2 Å². The molecule has 2 aliphatic heterocycles. The van der Waals surface area contributed by atoms with E-state index in [1.54, 1.807) is 0 Å². The van der Waals surface area contributed by atoms with Crippen LogP contribution in [0.1, 0.15) is 67.5 Å². The smallest absolute Gasteiger partial charge is 0.224 e. The van der Waals surface area contributed by atoms with Crippen molar-refractivity contribution in [1.29, 1.82) is 0 Å². The van der Waals surface area contributed by atoms with Crippen molar-refractivity contribution in [3.8, 4) is 0 Å². The SMILES string of the molecule is CC(Nc1nc(Cl)nc2c1CC(CCC(=O)C1CCCOCC1)C2)c1cccc(C2(F)CNC2)c1. The average molecular weight is 501 g/mol. The van der Waals surface area contributed by atoms with E-state index in [1.165, 1.54) is 0 Å². The Bertz CT molecular complexity index is 1070. The molecule has 2 N–H and O–H groups in total. The average Bonchev–Trinajstić information content (AvgIpc) is 3.05. The van der Waals surface area contributed by atoms with Gasteiger partial charge in [-0.25, -0.2) is 14.4 Å². The Morgan fingerprint density at radius 1 is 1.29 bits per heavy atom. The Kier molecular flexibility index (Phi) is 7.37. The zero-order valence-electron chi connectivity index (χ0n) is 20.3. The predicted molar refractivity (Wildman–Crippen MR) is 134 cm³/mol. The van der Waals surface area contributed by atoms with Crippen molar-refractivity contribution in [3.05, 3.63) is 51.9 Å². The molecule has 3 heterocycles. The molecule has 188 valence electrons. The zero-order chi connectivity index (χ0) is 24.4. The molecule has 1 aromatic carbocycles. The molecule has 8 heteroatoms. The van der Waals surface area contributed by atoms with Crippen molar-refractivity contribution in [2.24, 2.45) is 11.8 Å². The van der Waals surface area contributed by atoms with E-state index in [2.05, 4.69) is 20.6 Å². The van der Waals surface area contributed by atoms with Crippen LogP contribution in [0.4, 0.5) is 10.2 Å². The third kappa shape index (κ3) is 5.52. The summed E-state index contributed by atoms with van der Waals surface area (Å²) in [5.74, 6) is 1.62. The third-order valence-corrected chi connectivity index (χ3v) is 7.98. The number of aromatic nitrogens is 2. The van der Waals surface area contributed by atoms with E-state index in [1.807, 2.05) is 31.2 Å². The number of Topliss-reactive ketones (excluding diaryl/α,β-unsaturated/α-hetero) is 1. The topological polar surface area (TPSA) is 76.1 Å². The summed E-state index contributed by atoms with van der Waals surface area (Å²) in [4.78, 5) is 21.8. The number of carbonyl (C=O) groups is 1. The van der Waals surface area contributed by atoms with Crippen LogP contribution in [0.25, 0.3) is 0 Å². The standard InChI is InChI=1S/C27H34ClFN4O2/c1-17(20-4-2-6-21(14-20)27(29)15-30-16-27)31-25-22-12-18(13-23(22)32-26(28)33-25)7-8-24(34)19-5-3-10-35-11-9-19/h2,4,6,14,17-19,30H,3,5,7-13,15-16H2,1H3,(H,31,32,33). The molecule has 35 heavy (non-hydrogen) atoms. The van der Waals surface area contributed by atoms with E-state index in [4.69, 9.17) is 16.3 Å². The Hall–Kier alpha value is -2.09. The van der Waals surface area contributed by atoms with Crippen LogP contribution >= 0.6 is 11.6 Å². The number of alkyl halides is 1. The summed E-state index contributed by atoms with van der Waals surface area (Å²) in [6, 6.07) is 7.64. The van der Waals surface area contributed by atoms with Gasteiger partial charge >= 0.3 is 0 Å². The number of rotatable bonds is 8. The molecule has 1 aromatic heterocycles. The quantitative estimate of drug-likeness (QED) is 0.499. The Labute approximate surface area is 211 Å². The van der Waals surface area contributed by atoms with Crippen molar-refractivity contribution in [1.82, 2.24) is 15.3 Å². The van der Waals surface area contributed by atoms with Crippen molar-refractivity contribution in [2.45, 2.75) is 63.6 Å². The van der Waals surface area contributed by atoms with Crippen molar-refractivity contribution < 1.29 is 13.9 Å². The summed E-state index contributed by atoms with van der Waals surface area (Å²) in [6.45, 7) is 4.22. The number of ether oxygens (including phenoxy) is 1. The minimum atomic E-state index is -1.29. The van der Waals surface area contributed by atoms with E-state index in [0.717, 1.165) is 67.8 Å². The third-order valence-electron chi connectivity index (χ3n) is 7.81. The largest absolute Gasteiger partial charge is 0.381 e. The summed E-state index contributed by atoms with van der Waals surface area (Å²) in [5.41, 5.74) is 2.48. The molecule has 3 aliphatic rings. The molecule has 0 radical (unpaired) electrons. The predicted octanol–water partition coefficient (Wildman–Crippen LogP) is 4.95. The maximum atomic E-state index is 14.9. The van der Waals surface area contributed by atoms with E-state index in [0.29, 0.717) is 43.4 Å². The lowest BCUT2D eigenvalue weighted by atomic mass is 9.88. The van der Waals surface area contributed by atoms with Crippen LogP contribution in [-0.4, -0.2) is 42.1 Å². The number of nitrogens with one attached hydrogen (secondary N) is 2. The molecular weight excluding hydrogens is 467 g/mol. The lowest BCUT2D eigenvalue weighted by Crippen LogP contribution is -2.53. The zero-order valence-corrected chi connectivity index (χ0v) is 21.0. The number of benzene rings is 1. The number of carbonyl (C=O) groups excluding carboxylic acids is 1. The number of hydrogen-bond acceptors (Lipinski definition) is 6. The number of ketones is 1. The minimum Gasteiger partial charge on any atom is -0.381 e. The summed E-state index contributed by atoms with van der Waals surface area (Å²) >= 11 is 6.28. The van der Waals surface area contributed by atoms with Gasteiger partial charge < -0.3 is 15.4 Å². The van der Waals surface area contributed by atoms with E-state index in [-0.39, 0.29) is 17.2 Å². The molecule has 2 fully saturated rings. The Morgan fingerprint density at radius 2 is 2.14 bits per heavy atom. The summed E-state index contributed by atoms with van der Waals surface area (Å²) < 4.78 is 20.4. The molecule has 2 aromatic rings. The lowest BCUT2D eigenvalue weighted by molar-refractivity contribution is -0.123. The fourth-order valence-electron chi connectivity index (χ4n) is 5.54. The second kappa shape index (κ2) is 10.5. The maximum Gasteiger partial charge on any atom is 0.224 e. The molecule has 6 nitrogen and oxygen atoms in total. The fourth-order valence-corrected chi connectivity index (χ4v) is 5.73. The summed E-state index contributed by atoms with van der Waals surface area (Å²) in [6.07, 6.45) is 5.87. The number of anilines is 1. The molecule has 3 unspecified atom stereocenters. The fraction of sp³-hybridized carbons (Fsp3) is 0.593. The highest BCUT2D eigenvalue weighted by atomic mass is 35.5. The van der Waals surface area contributed by atoms with Gasteiger partial charge in [-0.15, -0.1) is 0 Å². The maximum absolute atomic E-state index is 14.9. The first-order valence-corrected chi connectivity index (χ1v) is 13.2. The first-order chi connectivity index (χ1) is 16.9. The van der Waals surface area contributed by atoms with Crippen LogP contribution in [0.3, 0.4) is 0 Å². The van der Waals surface area contributed by atoms with Gasteiger partial charge in [0.25, 0.3) is 0 Å². The van der Waals surface area contributed by atoms with E-state index >= 15 is 0 Å². The van der Waals surface area contributed by atoms with Gasteiger partial charge in [0, 0.05) is 50.2 Å². The number of halogens is 2. The summed E-state index contributed by atoms with van der Waals surface area (Å²) in [7, 11) is 0. The van der Waals surface area contributed by atoms with E-state index in [9.17, 15) is 9.18 Å². The van der Waals surface area contributed by atoms with Gasteiger partial charge in [-0.05, 0) is 74.1 Å². The van der Waals surface area contributed by atoms with Crippen LogP contribution in [0.5, 0.6) is 0 Å². The number of fused-ring (bicyclic) bond motifs is 1. The molecule has 0 saturated carbocycles. The normalized spacial score (nSPS) is 24.2. The van der Waals surface area contributed by atoms with Gasteiger partial charge in [-0.3, -0.25) is 4.79 Å². The minimum absolute atomic E-state index is 0.0697. The van der Waals surface area contributed by atoms with Gasteiger partial charge in [0.1, 0.15) is 11.6 Å². The molecule has 0 amide bonds. The highest BCUT2D eigenvalue weighted by molar-refractivity contribution is 6.28. The number of hydrogen-bond donors (Lipinski definition) is 2. The lowest BCUT2D eigenvalue weighted by Gasteiger charge is -2.35. The van der Waals surface area contributed by atoms with Crippen molar-refractivity contribution in [3.63, 3.8) is 0 Å².